The molecule has 0 radical (unpaired) electrons. The van der Waals surface area contributed by atoms with Crippen molar-refractivity contribution >= 4 is 5.97 Å². The molecule has 94 valence electrons. The summed E-state index contributed by atoms with van der Waals surface area (Å²) in [6.45, 7) is 5.76. The third-order valence-corrected chi connectivity index (χ3v) is 2.47. The Morgan fingerprint density at radius 3 is 2.89 bits per heavy atom. The molecule has 2 heterocycles. The van der Waals surface area contributed by atoms with Gasteiger partial charge in [0.1, 0.15) is 5.82 Å². The van der Waals surface area contributed by atoms with E-state index < -0.39 is 5.97 Å². The van der Waals surface area contributed by atoms with E-state index in [1.807, 2.05) is 6.92 Å². The molecular weight excluding hydrogens is 232 g/mol. The Bertz CT molecular complexity index is 577. The maximum atomic E-state index is 11.8. The molecule has 0 spiro atoms. The molecule has 2 rings (SSSR count). The fourth-order valence-corrected chi connectivity index (χ4v) is 1.63. The Labute approximate surface area is 104 Å². The van der Waals surface area contributed by atoms with E-state index in [1.54, 1.807) is 26.2 Å². The van der Waals surface area contributed by atoms with Crippen LogP contribution >= 0.6 is 0 Å². The molecule has 0 amide bonds. The number of hydrogen-bond acceptors (Lipinski definition) is 5. The maximum Gasteiger partial charge on any atom is 0.357 e. The fraction of sp³-hybridized carbons (Fsp3) is 0.333. The summed E-state index contributed by atoms with van der Waals surface area (Å²) < 4.78 is 4.96. The lowest BCUT2D eigenvalue weighted by Gasteiger charge is -2.05. The lowest BCUT2D eigenvalue weighted by atomic mass is 10.1. The topological polar surface area (TPSA) is 80.8 Å². The first-order chi connectivity index (χ1) is 8.63. The van der Waals surface area contributed by atoms with Crippen molar-refractivity contribution < 1.29 is 9.53 Å². The summed E-state index contributed by atoms with van der Waals surface area (Å²) in [7, 11) is 0. The zero-order chi connectivity index (χ0) is 13.1. The Balaban J connectivity index is 2.48. The van der Waals surface area contributed by atoms with E-state index >= 15 is 0 Å². The van der Waals surface area contributed by atoms with Gasteiger partial charge >= 0.3 is 5.97 Å². The van der Waals surface area contributed by atoms with Gasteiger partial charge in [-0.05, 0) is 26.3 Å². The number of carbonyl (C=O) groups is 1. The van der Waals surface area contributed by atoms with Gasteiger partial charge in [-0.15, -0.1) is 0 Å². The lowest BCUT2D eigenvalue weighted by Crippen LogP contribution is -2.07. The third kappa shape index (κ3) is 2.22. The van der Waals surface area contributed by atoms with Gasteiger partial charge < -0.3 is 4.74 Å². The number of carbonyl (C=O) groups excluding carboxylic acids is 1. The van der Waals surface area contributed by atoms with E-state index in [4.69, 9.17) is 4.74 Å². The number of aryl methyl sites for hydroxylation is 2. The molecule has 18 heavy (non-hydrogen) atoms. The van der Waals surface area contributed by atoms with Crippen LogP contribution in [0.5, 0.6) is 0 Å². The summed E-state index contributed by atoms with van der Waals surface area (Å²) in [5, 5.41) is 6.54. The molecule has 6 nitrogen and oxygen atoms in total. The zero-order valence-electron chi connectivity index (χ0n) is 10.5. The quantitative estimate of drug-likeness (QED) is 0.833. The number of nitrogens with one attached hydrogen (secondary N) is 1. The second-order valence-corrected chi connectivity index (χ2v) is 3.83. The molecule has 1 N–H and O–H groups in total. The smallest absolute Gasteiger partial charge is 0.357 e. The number of nitrogens with zero attached hydrogens (tertiary/aromatic N) is 3. The van der Waals surface area contributed by atoms with Gasteiger partial charge in [0, 0.05) is 6.20 Å². The van der Waals surface area contributed by atoms with E-state index in [9.17, 15) is 4.79 Å². The van der Waals surface area contributed by atoms with Crippen molar-refractivity contribution in [3.63, 3.8) is 0 Å². The molecule has 0 aliphatic carbocycles. The van der Waals surface area contributed by atoms with E-state index in [1.165, 1.54) is 0 Å². The van der Waals surface area contributed by atoms with Crippen LogP contribution in [0.4, 0.5) is 0 Å². The minimum Gasteiger partial charge on any atom is -0.461 e. The van der Waals surface area contributed by atoms with Gasteiger partial charge in [0.15, 0.2) is 5.69 Å². The molecule has 6 heteroatoms. The summed E-state index contributed by atoms with van der Waals surface area (Å²) in [5.41, 5.74) is 2.53. The number of ether oxygens (including phenoxy) is 1. The summed E-state index contributed by atoms with van der Waals surface area (Å²) >= 11 is 0. The second kappa shape index (κ2) is 4.95. The van der Waals surface area contributed by atoms with Crippen molar-refractivity contribution in [2.24, 2.45) is 0 Å². The first-order valence-electron chi connectivity index (χ1n) is 5.64. The van der Waals surface area contributed by atoms with Crippen molar-refractivity contribution in [3.05, 3.63) is 29.5 Å². The Kier molecular flexibility index (Phi) is 3.36. The van der Waals surface area contributed by atoms with Gasteiger partial charge in [0.05, 0.1) is 24.1 Å². The molecule has 2 aromatic heterocycles. The maximum absolute atomic E-state index is 11.8. The van der Waals surface area contributed by atoms with Gasteiger partial charge in [-0.2, -0.15) is 5.10 Å². The first kappa shape index (κ1) is 12.2. The molecule has 0 aromatic carbocycles. The number of rotatable bonds is 3. The largest absolute Gasteiger partial charge is 0.461 e. The molecule has 0 saturated carbocycles. The molecule has 0 aliphatic rings. The van der Waals surface area contributed by atoms with Crippen LogP contribution in [0.1, 0.15) is 28.8 Å². The van der Waals surface area contributed by atoms with Gasteiger partial charge in [-0.3, -0.25) is 5.10 Å². The SMILES string of the molecule is CCOC(=O)c1[nH]ncc1-c1nc(C)ncc1C. The molecule has 0 saturated heterocycles. The average Bonchev–Trinajstić information content (AvgIpc) is 2.81. The number of aromatic amines is 1. The summed E-state index contributed by atoms with van der Waals surface area (Å²) in [4.78, 5) is 20.2. The number of aromatic nitrogens is 4. The van der Waals surface area contributed by atoms with Gasteiger partial charge in [-0.1, -0.05) is 0 Å². The number of esters is 1. The van der Waals surface area contributed by atoms with Gasteiger partial charge in [0.2, 0.25) is 0 Å². The molecule has 0 bridgehead atoms. The van der Waals surface area contributed by atoms with Crippen LogP contribution in [0.2, 0.25) is 0 Å². The van der Waals surface area contributed by atoms with Crippen molar-refractivity contribution in [3.8, 4) is 11.3 Å². The summed E-state index contributed by atoms with van der Waals surface area (Å²) in [5.74, 6) is 0.215. The van der Waals surface area contributed by atoms with E-state index in [-0.39, 0.29) is 0 Å². The monoisotopic (exact) mass is 246 g/mol. The molecule has 0 unspecified atom stereocenters. The highest BCUT2D eigenvalue weighted by atomic mass is 16.5. The van der Waals surface area contributed by atoms with Gasteiger partial charge in [-0.25, -0.2) is 14.8 Å². The van der Waals surface area contributed by atoms with Gasteiger partial charge in [0.25, 0.3) is 0 Å². The van der Waals surface area contributed by atoms with E-state index in [2.05, 4.69) is 20.2 Å². The highest BCUT2D eigenvalue weighted by molar-refractivity contribution is 5.94. The van der Waals surface area contributed by atoms with Crippen molar-refractivity contribution in [2.75, 3.05) is 6.61 Å². The number of hydrogen-bond donors (Lipinski definition) is 1. The second-order valence-electron chi connectivity index (χ2n) is 3.83. The van der Waals surface area contributed by atoms with E-state index in [0.717, 1.165) is 5.56 Å². The van der Waals surface area contributed by atoms with Crippen LogP contribution in [-0.4, -0.2) is 32.7 Å². The zero-order valence-corrected chi connectivity index (χ0v) is 10.5. The van der Waals surface area contributed by atoms with Crippen molar-refractivity contribution in [1.82, 2.24) is 20.2 Å². The standard InChI is InChI=1S/C12H14N4O2/c1-4-18-12(17)11-9(6-14-16-11)10-7(2)5-13-8(3)15-10/h5-6H,4H2,1-3H3,(H,14,16). The van der Waals surface area contributed by atoms with Crippen molar-refractivity contribution in [1.29, 1.82) is 0 Å². The Morgan fingerprint density at radius 1 is 1.39 bits per heavy atom. The Hall–Kier alpha value is -2.24. The summed E-state index contributed by atoms with van der Waals surface area (Å²) in [6, 6.07) is 0. The van der Waals surface area contributed by atoms with E-state index in [0.29, 0.717) is 29.4 Å². The Morgan fingerprint density at radius 2 is 2.17 bits per heavy atom. The minimum atomic E-state index is -0.430. The molecule has 0 atom stereocenters. The number of H-pyrrole nitrogens is 1. The van der Waals surface area contributed by atoms with Crippen LogP contribution in [-0.2, 0) is 4.74 Å². The van der Waals surface area contributed by atoms with Crippen LogP contribution in [0.15, 0.2) is 12.4 Å². The lowest BCUT2D eigenvalue weighted by molar-refractivity contribution is 0.0520. The highest BCUT2D eigenvalue weighted by Gasteiger charge is 2.18. The molecule has 0 fully saturated rings. The van der Waals surface area contributed by atoms with Crippen LogP contribution in [0.3, 0.4) is 0 Å². The normalized spacial score (nSPS) is 10.4. The first-order valence-corrected chi connectivity index (χ1v) is 5.64. The fourth-order valence-electron chi connectivity index (χ4n) is 1.63. The molecule has 2 aromatic rings. The predicted molar refractivity (Wildman–Crippen MR) is 65.0 cm³/mol. The molecular formula is C12H14N4O2. The van der Waals surface area contributed by atoms with Crippen LogP contribution in [0.25, 0.3) is 11.3 Å². The van der Waals surface area contributed by atoms with Crippen LogP contribution in [0, 0.1) is 13.8 Å². The third-order valence-electron chi connectivity index (χ3n) is 2.47. The average molecular weight is 246 g/mol. The van der Waals surface area contributed by atoms with Crippen LogP contribution < -0.4 is 0 Å². The predicted octanol–water partition coefficient (Wildman–Crippen LogP) is 1.66. The van der Waals surface area contributed by atoms with Crippen molar-refractivity contribution in [2.45, 2.75) is 20.8 Å². The summed E-state index contributed by atoms with van der Waals surface area (Å²) in [6.07, 6.45) is 3.29. The molecule has 0 aliphatic heterocycles. The highest BCUT2D eigenvalue weighted by Crippen LogP contribution is 2.23. The minimum absolute atomic E-state index is 0.318.